The van der Waals surface area contributed by atoms with Crippen molar-refractivity contribution < 1.29 is 14.3 Å². The summed E-state index contributed by atoms with van der Waals surface area (Å²) in [5.41, 5.74) is 0.760. The molecule has 27 heavy (non-hydrogen) atoms. The van der Waals surface area contributed by atoms with Crippen LogP contribution in [0.1, 0.15) is 30.7 Å². The lowest BCUT2D eigenvalue weighted by Gasteiger charge is -2.21. The number of carbonyl (C=O) groups excluding carboxylic acids is 1. The Hall–Kier alpha value is -2.77. The Morgan fingerprint density at radius 1 is 1.19 bits per heavy atom. The van der Waals surface area contributed by atoms with E-state index < -0.39 is 0 Å². The van der Waals surface area contributed by atoms with E-state index in [0.717, 1.165) is 42.8 Å². The van der Waals surface area contributed by atoms with Crippen LogP contribution in [0, 0.1) is 0 Å². The number of aromatic nitrogens is 3. The van der Waals surface area contributed by atoms with Crippen LogP contribution in [0.25, 0.3) is 0 Å². The van der Waals surface area contributed by atoms with Crippen molar-refractivity contribution >= 4 is 5.91 Å². The zero-order valence-corrected chi connectivity index (χ0v) is 15.5. The van der Waals surface area contributed by atoms with Crippen LogP contribution in [-0.2, 0) is 30.8 Å². The second-order valence-corrected chi connectivity index (χ2v) is 7.05. The van der Waals surface area contributed by atoms with Crippen LogP contribution >= 0.6 is 0 Å². The normalized spacial score (nSPS) is 15.7. The zero-order valence-electron chi connectivity index (χ0n) is 15.5. The molecule has 0 unspecified atom stereocenters. The van der Waals surface area contributed by atoms with Gasteiger partial charge in [0.25, 0.3) is 0 Å². The predicted octanol–water partition coefficient (Wildman–Crippen LogP) is 1.20. The summed E-state index contributed by atoms with van der Waals surface area (Å²) < 4.78 is 14.1. The van der Waals surface area contributed by atoms with Crippen LogP contribution < -0.4 is 15.2 Å². The van der Waals surface area contributed by atoms with Crippen molar-refractivity contribution in [3.8, 4) is 11.5 Å². The van der Waals surface area contributed by atoms with Gasteiger partial charge in [-0.05, 0) is 30.5 Å². The Kier molecular flexibility index (Phi) is 4.87. The molecule has 0 spiro atoms. The highest BCUT2D eigenvalue weighted by Gasteiger charge is 2.19. The van der Waals surface area contributed by atoms with Crippen LogP contribution in [0.4, 0.5) is 0 Å². The molecule has 2 aliphatic heterocycles. The van der Waals surface area contributed by atoms with Gasteiger partial charge in [0.05, 0.1) is 0 Å². The third kappa shape index (κ3) is 3.70. The molecule has 2 aliphatic rings. The molecular weight excluding hydrogens is 348 g/mol. The first kappa shape index (κ1) is 17.6. The van der Waals surface area contributed by atoms with Crippen LogP contribution in [0.3, 0.4) is 0 Å². The van der Waals surface area contributed by atoms with Crippen molar-refractivity contribution in [3.05, 3.63) is 40.1 Å². The summed E-state index contributed by atoms with van der Waals surface area (Å²) in [5, 5.41) is 4.38. The second kappa shape index (κ2) is 7.46. The van der Waals surface area contributed by atoms with Crippen LogP contribution in [0.5, 0.6) is 11.5 Å². The van der Waals surface area contributed by atoms with Crippen LogP contribution in [0.2, 0.25) is 0 Å². The average molecular weight is 372 g/mol. The van der Waals surface area contributed by atoms with Gasteiger partial charge in [-0.1, -0.05) is 12.5 Å². The van der Waals surface area contributed by atoms with Crippen molar-refractivity contribution in [2.45, 2.75) is 45.3 Å². The molecule has 0 saturated heterocycles. The molecule has 1 aromatic heterocycles. The van der Waals surface area contributed by atoms with Gasteiger partial charge < -0.3 is 14.4 Å². The van der Waals surface area contributed by atoms with Crippen LogP contribution in [-0.4, -0.2) is 45.4 Å². The third-order valence-corrected chi connectivity index (χ3v) is 5.02. The topological polar surface area (TPSA) is 78.6 Å². The van der Waals surface area contributed by atoms with E-state index in [2.05, 4.69) is 5.10 Å². The number of fused-ring (bicyclic) bond motifs is 2. The van der Waals surface area contributed by atoms with Gasteiger partial charge in [0, 0.05) is 26.6 Å². The molecule has 2 aromatic rings. The van der Waals surface area contributed by atoms with Crippen molar-refractivity contribution in [1.29, 1.82) is 0 Å². The number of amides is 1. The molecule has 4 rings (SSSR count). The fourth-order valence-electron chi connectivity index (χ4n) is 3.53. The molecule has 0 radical (unpaired) electrons. The Balaban J connectivity index is 1.43. The number of rotatable bonds is 4. The van der Waals surface area contributed by atoms with Crippen molar-refractivity contribution in [2.75, 3.05) is 20.3 Å². The molecule has 1 aromatic carbocycles. The largest absolute Gasteiger partial charge is 0.486 e. The standard InChI is InChI=1S/C19H24N4O4/c1-21(12-14-6-7-15-16(11-14)27-10-9-26-15)18(24)13-23-19(25)22-8-4-2-3-5-17(22)20-23/h6-7,11H,2-5,8-10,12-13H2,1H3. The minimum absolute atomic E-state index is 0.0418. The summed E-state index contributed by atoms with van der Waals surface area (Å²) in [6.45, 7) is 2.15. The van der Waals surface area contributed by atoms with E-state index in [1.807, 2.05) is 18.2 Å². The Bertz CT molecular complexity index is 902. The number of hydrogen-bond acceptors (Lipinski definition) is 5. The van der Waals surface area contributed by atoms with Gasteiger partial charge in [-0.2, -0.15) is 5.10 Å². The van der Waals surface area contributed by atoms with Crippen molar-refractivity contribution in [1.82, 2.24) is 19.2 Å². The highest BCUT2D eigenvalue weighted by molar-refractivity contribution is 5.75. The van der Waals surface area contributed by atoms with E-state index in [1.165, 1.54) is 4.68 Å². The number of nitrogens with zero attached hydrogens (tertiary/aromatic N) is 4. The third-order valence-electron chi connectivity index (χ3n) is 5.02. The zero-order chi connectivity index (χ0) is 18.8. The van der Waals surface area contributed by atoms with Gasteiger partial charge in [-0.25, -0.2) is 9.48 Å². The van der Waals surface area contributed by atoms with E-state index in [-0.39, 0.29) is 18.1 Å². The first-order valence-corrected chi connectivity index (χ1v) is 9.41. The second-order valence-electron chi connectivity index (χ2n) is 7.05. The summed E-state index contributed by atoms with van der Waals surface area (Å²) in [6.07, 6.45) is 3.93. The fraction of sp³-hybridized carbons (Fsp3) is 0.526. The monoisotopic (exact) mass is 372 g/mol. The van der Waals surface area contributed by atoms with E-state index in [1.54, 1.807) is 16.5 Å². The summed E-state index contributed by atoms with van der Waals surface area (Å²) in [7, 11) is 1.73. The molecule has 8 heteroatoms. The molecule has 0 fully saturated rings. The fourth-order valence-corrected chi connectivity index (χ4v) is 3.53. The molecule has 0 bridgehead atoms. The maximum absolute atomic E-state index is 12.6. The molecule has 144 valence electrons. The Morgan fingerprint density at radius 3 is 2.85 bits per heavy atom. The van der Waals surface area contributed by atoms with E-state index in [9.17, 15) is 9.59 Å². The minimum atomic E-state index is -0.187. The molecule has 3 heterocycles. The molecule has 0 N–H and O–H groups in total. The molecule has 0 aliphatic carbocycles. The summed E-state index contributed by atoms with van der Waals surface area (Å²) in [4.78, 5) is 26.7. The van der Waals surface area contributed by atoms with Gasteiger partial charge in [0.15, 0.2) is 11.5 Å². The highest BCUT2D eigenvalue weighted by Crippen LogP contribution is 2.31. The van der Waals surface area contributed by atoms with E-state index in [0.29, 0.717) is 32.1 Å². The number of hydrogen-bond donors (Lipinski definition) is 0. The van der Waals surface area contributed by atoms with Crippen molar-refractivity contribution in [2.24, 2.45) is 0 Å². The number of carbonyl (C=O) groups is 1. The first-order valence-electron chi connectivity index (χ1n) is 9.41. The minimum Gasteiger partial charge on any atom is -0.486 e. The summed E-state index contributed by atoms with van der Waals surface area (Å²) in [5.74, 6) is 2.07. The van der Waals surface area contributed by atoms with Gasteiger partial charge in [-0.3, -0.25) is 9.36 Å². The Labute approximate surface area is 157 Å². The lowest BCUT2D eigenvalue weighted by Crippen LogP contribution is -2.34. The van der Waals surface area contributed by atoms with Gasteiger partial charge >= 0.3 is 5.69 Å². The highest BCUT2D eigenvalue weighted by atomic mass is 16.6. The summed E-state index contributed by atoms with van der Waals surface area (Å²) >= 11 is 0. The van der Waals surface area contributed by atoms with Crippen molar-refractivity contribution in [3.63, 3.8) is 0 Å². The number of likely N-dealkylation sites (N-methyl/N-ethyl adjacent to an activating group) is 1. The van der Waals surface area contributed by atoms with Gasteiger partial charge in [-0.15, -0.1) is 0 Å². The quantitative estimate of drug-likeness (QED) is 0.806. The SMILES string of the molecule is CN(Cc1ccc2c(c1)OCCO2)C(=O)Cn1nc2n(c1=O)CCCCC2. The van der Waals surface area contributed by atoms with E-state index >= 15 is 0 Å². The number of benzene rings is 1. The number of ether oxygens (including phenoxy) is 2. The Morgan fingerprint density at radius 2 is 2.00 bits per heavy atom. The molecule has 1 amide bonds. The van der Waals surface area contributed by atoms with E-state index in [4.69, 9.17) is 9.47 Å². The maximum atomic E-state index is 12.6. The lowest BCUT2D eigenvalue weighted by molar-refractivity contribution is -0.131. The predicted molar refractivity (Wildman–Crippen MR) is 97.9 cm³/mol. The molecular formula is C19H24N4O4. The average Bonchev–Trinajstić information content (AvgIpc) is 2.84. The number of aryl methyl sites for hydroxylation is 1. The van der Waals surface area contributed by atoms with Gasteiger partial charge in [0.1, 0.15) is 25.6 Å². The summed E-state index contributed by atoms with van der Waals surface area (Å²) in [6, 6.07) is 5.67. The smallest absolute Gasteiger partial charge is 0.346 e. The first-order chi connectivity index (χ1) is 13.1. The van der Waals surface area contributed by atoms with Gasteiger partial charge in [0.2, 0.25) is 5.91 Å². The molecule has 0 saturated carbocycles. The maximum Gasteiger partial charge on any atom is 0.346 e. The molecule has 8 nitrogen and oxygen atoms in total. The molecule has 0 atom stereocenters. The van der Waals surface area contributed by atoms with Crippen LogP contribution in [0.15, 0.2) is 23.0 Å². The lowest BCUT2D eigenvalue weighted by atomic mass is 10.2.